The third-order valence-corrected chi connectivity index (χ3v) is 4.39. The molecule has 4 nitrogen and oxygen atoms in total. The van der Waals surface area contributed by atoms with Gasteiger partial charge in [-0.2, -0.15) is 0 Å². The predicted octanol–water partition coefficient (Wildman–Crippen LogP) is 3.82. The number of hydrogen-bond acceptors (Lipinski definition) is 3. The molecule has 2 N–H and O–H groups in total. The fraction of sp³-hybridized carbons (Fsp3) is 0.300. The molecule has 4 heteroatoms. The molecule has 0 unspecified atom stereocenters. The molecule has 1 aliphatic rings. The number of hydrogen-bond donors (Lipinski definition) is 2. The Balaban J connectivity index is 1.62. The third-order valence-electron chi connectivity index (χ3n) is 4.39. The van der Waals surface area contributed by atoms with E-state index in [0.717, 1.165) is 18.5 Å². The molecule has 0 aromatic heterocycles. The Hall–Kier alpha value is -2.62. The van der Waals surface area contributed by atoms with Gasteiger partial charge in [0.15, 0.2) is 5.78 Å². The van der Waals surface area contributed by atoms with Gasteiger partial charge in [-0.05, 0) is 61.9 Å². The van der Waals surface area contributed by atoms with Crippen LogP contribution in [0.25, 0.3) is 0 Å². The minimum Gasteiger partial charge on any atom is -0.376 e. The van der Waals surface area contributed by atoms with E-state index >= 15 is 0 Å². The van der Waals surface area contributed by atoms with Crippen molar-refractivity contribution in [2.45, 2.75) is 32.6 Å². The Morgan fingerprint density at radius 2 is 1.83 bits per heavy atom. The van der Waals surface area contributed by atoms with Crippen molar-refractivity contribution >= 4 is 23.1 Å². The SMILES string of the molecule is CC(=O)c1cccc(NC(=O)CNc2cccc3c2CCCC3)c1. The van der Waals surface area contributed by atoms with Gasteiger partial charge in [-0.25, -0.2) is 0 Å². The fourth-order valence-electron chi connectivity index (χ4n) is 3.14. The minimum absolute atomic E-state index is 0.0138. The molecule has 1 amide bonds. The van der Waals surface area contributed by atoms with Crippen molar-refractivity contribution in [3.05, 3.63) is 59.2 Å². The zero-order valence-electron chi connectivity index (χ0n) is 13.9. The van der Waals surface area contributed by atoms with E-state index in [1.807, 2.05) is 12.1 Å². The standard InChI is InChI=1S/C20H22N2O2/c1-14(23)16-8-4-9-17(12-16)22-20(24)13-21-19-11-5-7-15-6-2-3-10-18(15)19/h4-5,7-9,11-12,21H,2-3,6,10,13H2,1H3,(H,22,24). The number of aryl methyl sites for hydroxylation is 1. The maximum absolute atomic E-state index is 12.2. The number of carbonyl (C=O) groups is 2. The highest BCUT2D eigenvalue weighted by atomic mass is 16.2. The molecule has 24 heavy (non-hydrogen) atoms. The van der Waals surface area contributed by atoms with Crippen LogP contribution in [-0.2, 0) is 17.6 Å². The maximum atomic E-state index is 12.2. The molecule has 0 atom stereocenters. The van der Waals surface area contributed by atoms with E-state index in [1.165, 1.54) is 30.9 Å². The molecule has 1 aliphatic carbocycles. The van der Waals surface area contributed by atoms with Crippen LogP contribution in [0.5, 0.6) is 0 Å². The number of nitrogens with one attached hydrogen (secondary N) is 2. The molecule has 0 aliphatic heterocycles. The molecule has 3 rings (SSSR count). The summed E-state index contributed by atoms with van der Waals surface area (Å²) in [6.45, 7) is 1.72. The largest absolute Gasteiger partial charge is 0.376 e. The molecule has 0 bridgehead atoms. The lowest BCUT2D eigenvalue weighted by molar-refractivity contribution is -0.114. The molecule has 0 saturated heterocycles. The smallest absolute Gasteiger partial charge is 0.243 e. The number of Topliss-reactive ketones (excluding diaryl/α,β-unsaturated/α-hetero) is 1. The Labute approximate surface area is 142 Å². The van der Waals surface area contributed by atoms with Crippen molar-refractivity contribution in [2.75, 3.05) is 17.2 Å². The van der Waals surface area contributed by atoms with Gasteiger partial charge in [0, 0.05) is 16.9 Å². The lowest BCUT2D eigenvalue weighted by Crippen LogP contribution is -2.22. The van der Waals surface area contributed by atoms with Crippen LogP contribution in [0.1, 0.15) is 41.3 Å². The van der Waals surface area contributed by atoms with Crippen LogP contribution in [0.15, 0.2) is 42.5 Å². The predicted molar refractivity (Wildman–Crippen MR) is 96.6 cm³/mol. The van der Waals surface area contributed by atoms with Crippen LogP contribution >= 0.6 is 0 Å². The lowest BCUT2D eigenvalue weighted by Gasteiger charge is -2.20. The first-order chi connectivity index (χ1) is 11.6. The van der Waals surface area contributed by atoms with Crippen molar-refractivity contribution in [3.8, 4) is 0 Å². The summed E-state index contributed by atoms with van der Waals surface area (Å²) in [5, 5.41) is 6.09. The highest BCUT2D eigenvalue weighted by molar-refractivity contribution is 5.98. The van der Waals surface area contributed by atoms with Gasteiger partial charge in [0.1, 0.15) is 0 Å². The van der Waals surface area contributed by atoms with Crippen molar-refractivity contribution in [2.24, 2.45) is 0 Å². The van der Waals surface area contributed by atoms with E-state index in [2.05, 4.69) is 16.7 Å². The van der Waals surface area contributed by atoms with Crippen LogP contribution in [0.2, 0.25) is 0 Å². The summed E-state index contributed by atoms with van der Waals surface area (Å²) in [5.41, 5.74) is 5.03. The second kappa shape index (κ2) is 7.30. The number of rotatable bonds is 5. The van der Waals surface area contributed by atoms with Gasteiger partial charge < -0.3 is 10.6 Å². The molecule has 0 saturated carbocycles. The average molecular weight is 322 g/mol. The van der Waals surface area contributed by atoms with E-state index < -0.39 is 0 Å². The number of amides is 1. The molecule has 2 aromatic rings. The van der Waals surface area contributed by atoms with Crippen LogP contribution in [0.4, 0.5) is 11.4 Å². The quantitative estimate of drug-likeness (QED) is 0.823. The Bertz CT molecular complexity index is 768. The van der Waals surface area contributed by atoms with Crippen LogP contribution in [-0.4, -0.2) is 18.2 Å². The number of benzene rings is 2. The van der Waals surface area contributed by atoms with E-state index in [-0.39, 0.29) is 18.2 Å². The summed E-state index contributed by atoms with van der Waals surface area (Å²) in [4.78, 5) is 23.6. The monoisotopic (exact) mass is 322 g/mol. The topological polar surface area (TPSA) is 58.2 Å². The van der Waals surface area contributed by atoms with Crippen molar-refractivity contribution in [1.82, 2.24) is 0 Å². The Kier molecular flexibility index (Phi) is 4.94. The molecular weight excluding hydrogens is 300 g/mol. The average Bonchev–Trinajstić information content (AvgIpc) is 2.60. The Morgan fingerprint density at radius 3 is 2.67 bits per heavy atom. The molecule has 0 spiro atoms. The number of anilines is 2. The van der Waals surface area contributed by atoms with Crippen LogP contribution in [0, 0.1) is 0 Å². The van der Waals surface area contributed by atoms with Gasteiger partial charge >= 0.3 is 0 Å². The van der Waals surface area contributed by atoms with Gasteiger partial charge in [-0.3, -0.25) is 9.59 Å². The molecule has 2 aromatic carbocycles. The first-order valence-corrected chi connectivity index (χ1v) is 8.39. The zero-order chi connectivity index (χ0) is 16.9. The van der Waals surface area contributed by atoms with Crippen LogP contribution < -0.4 is 10.6 Å². The summed E-state index contributed by atoms with van der Waals surface area (Å²) < 4.78 is 0. The zero-order valence-corrected chi connectivity index (χ0v) is 13.9. The van der Waals surface area contributed by atoms with Crippen molar-refractivity contribution in [3.63, 3.8) is 0 Å². The lowest BCUT2D eigenvalue weighted by atomic mass is 9.90. The second-order valence-electron chi connectivity index (χ2n) is 6.19. The first kappa shape index (κ1) is 16.2. The fourth-order valence-corrected chi connectivity index (χ4v) is 3.14. The number of ketones is 1. The van der Waals surface area contributed by atoms with Gasteiger partial charge in [-0.1, -0.05) is 24.3 Å². The normalized spacial score (nSPS) is 13.0. The maximum Gasteiger partial charge on any atom is 0.243 e. The Morgan fingerprint density at radius 1 is 1.04 bits per heavy atom. The first-order valence-electron chi connectivity index (χ1n) is 8.39. The van der Waals surface area contributed by atoms with Gasteiger partial charge in [0.05, 0.1) is 6.54 Å². The third kappa shape index (κ3) is 3.82. The molecular formula is C20H22N2O2. The molecule has 0 heterocycles. The van der Waals surface area contributed by atoms with Gasteiger partial charge in [-0.15, -0.1) is 0 Å². The van der Waals surface area contributed by atoms with E-state index in [1.54, 1.807) is 24.3 Å². The second-order valence-corrected chi connectivity index (χ2v) is 6.19. The highest BCUT2D eigenvalue weighted by Gasteiger charge is 2.13. The highest BCUT2D eigenvalue weighted by Crippen LogP contribution is 2.27. The van der Waals surface area contributed by atoms with Gasteiger partial charge in [0.25, 0.3) is 0 Å². The van der Waals surface area contributed by atoms with Crippen molar-refractivity contribution in [1.29, 1.82) is 0 Å². The number of fused-ring (bicyclic) bond motifs is 1. The summed E-state index contributed by atoms with van der Waals surface area (Å²) >= 11 is 0. The van der Waals surface area contributed by atoms with E-state index in [9.17, 15) is 9.59 Å². The van der Waals surface area contributed by atoms with Crippen molar-refractivity contribution < 1.29 is 9.59 Å². The van der Waals surface area contributed by atoms with Crippen LogP contribution in [0.3, 0.4) is 0 Å². The summed E-state index contributed by atoms with van der Waals surface area (Å²) in [6, 6.07) is 13.3. The number of carbonyl (C=O) groups excluding carboxylic acids is 2. The van der Waals surface area contributed by atoms with E-state index in [0.29, 0.717) is 11.3 Å². The summed E-state index contributed by atoms with van der Waals surface area (Å²) in [5.74, 6) is -0.135. The summed E-state index contributed by atoms with van der Waals surface area (Å²) in [7, 11) is 0. The molecule has 0 radical (unpaired) electrons. The summed E-state index contributed by atoms with van der Waals surface area (Å²) in [6.07, 6.45) is 4.63. The minimum atomic E-state index is -0.121. The van der Waals surface area contributed by atoms with E-state index in [4.69, 9.17) is 0 Å². The molecule has 124 valence electrons. The molecule has 0 fully saturated rings. The van der Waals surface area contributed by atoms with Gasteiger partial charge in [0.2, 0.25) is 5.91 Å².